The van der Waals surface area contributed by atoms with Crippen molar-refractivity contribution >= 4 is 21.6 Å². The number of carbonyl (C=O) groups is 1. The van der Waals surface area contributed by atoms with E-state index in [0.717, 1.165) is 35.2 Å². The molecule has 2 aliphatic rings. The predicted octanol–water partition coefficient (Wildman–Crippen LogP) is 4.03. The maximum Gasteiger partial charge on any atom is 0.241 e. The number of benzene rings is 2. The summed E-state index contributed by atoms with van der Waals surface area (Å²) in [5.74, 6) is 0.340. The van der Waals surface area contributed by atoms with Gasteiger partial charge < -0.3 is 4.90 Å². The highest BCUT2D eigenvalue weighted by Gasteiger charge is 2.36. The van der Waals surface area contributed by atoms with Crippen molar-refractivity contribution < 1.29 is 13.2 Å². The number of aryl methyl sites for hydroxylation is 2. The summed E-state index contributed by atoms with van der Waals surface area (Å²) in [6.07, 6.45) is 3.30. The van der Waals surface area contributed by atoms with Crippen molar-refractivity contribution in [2.45, 2.75) is 57.4 Å². The van der Waals surface area contributed by atoms with Crippen LogP contribution in [-0.2, 0) is 21.2 Å². The number of hydrogen-bond acceptors (Lipinski definition) is 3. The molecule has 1 aliphatic heterocycles. The normalized spacial score (nSPS) is 17.3. The standard InChI is InChI=1S/C23H28N2O3S/c1-4-21(18-6-5-15(2)16(3)13-18)24-29(27,28)20-9-10-22-19(14-20)11-12-25(22)23(26)17-7-8-17/h5-6,9-10,13-14,17,21,24H,4,7-8,11-12H2,1-3H3. The number of amides is 1. The van der Waals surface area contributed by atoms with E-state index in [1.54, 1.807) is 18.2 Å². The van der Waals surface area contributed by atoms with Gasteiger partial charge in [-0.3, -0.25) is 4.79 Å². The third kappa shape index (κ3) is 3.96. The average molecular weight is 413 g/mol. The van der Waals surface area contributed by atoms with Gasteiger partial charge in [0.1, 0.15) is 0 Å². The number of rotatable bonds is 6. The van der Waals surface area contributed by atoms with Gasteiger partial charge in [-0.25, -0.2) is 13.1 Å². The molecule has 0 aromatic heterocycles. The van der Waals surface area contributed by atoms with Gasteiger partial charge in [0.2, 0.25) is 15.9 Å². The van der Waals surface area contributed by atoms with Gasteiger partial charge in [-0.1, -0.05) is 25.1 Å². The van der Waals surface area contributed by atoms with Crippen molar-refractivity contribution in [3.05, 3.63) is 58.7 Å². The first-order valence-corrected chi connectivity index (χ1v) is 11.8. The van der Waals surface area contributed by atoms with Gasteiger partial charge in [0.05, 0.1) is 4.90 Å². The summed E-state index contributed by atoms with van der Waals surface area (Å²) in [5, 5.41) is 0. The van der Waals surface area contributed by atoms with E-state index >= 15 is 0 Å². The molecule has 1 heterocycles. The number of fused-ring (bicyclic) bond motifs is 1. The lowest BCUT2D eigenvalue weighted by molar-refractivity contribution is -0.119. The molecule has 1 amide bonds. The number of nitrogens with zero attached hydrogens (tertiary/aromatic N) is 1. The van der Waals surface area contributed by atoms with E-state index in [4.69, 9.17) is 0 Å². The summed E-state index contributed by atoms with van der Waals surface area (Å²) in [6.45, 7) is 6.70. The van der Waals surface area contributed by atoms with E-state index < -0.39 is 10.0 Å². The Morgan fingerprint density at radius 3 is 2.55 bits per heavy atom. The first-order valence-electron chi connectivity index (χ1n) is 10.3. The van der Waals surface area contributed by atoms with E-state index in [9.17, 15) is 13.2 Å². The average Bonchev–Trinajstić information content (AvgIpc) is 3.46. The van der Waals surface area contributed by atoms with Crippen molar-refractivity contribution in [3.63, 3.8) is 0 Å². The summed E-state index contributed by atoms with van der Waals surface area (Å²) in [6, 6.07) is 10.9. The molecule has 29 heavy (non-hydrogen) atoms. The van der Waals surface area contributed by atoms with Crippen molar-refractivity contribution in [1.82, 2.24) is 4.72 Å². The highest BCUT2D eigenvalue weighted by Crippen LogP contribution is 2.37. The van der Waals surface area contributed by atoms with Crippen LogP contribution in [0, 0.1) is 19.8 Å². The number of anilines is 1. The van der Waals surface area contributed by atoms with Crippen LogP contribution in [0.15, 0.2) is 41.3 Å². The molecule has 1 saturated carbocycles. The molecule has 1 fully saturated rings. The summed E-state index contributed by atoms with van der Waals surface area (Å²) in [5.41, 5.74) is 5.11. The lowest BCUT2D eigenvalue weighted by Crippen LogP contribution is -2.30. The maximum absolute atomic E-state index is 13.1. The van der Waals surface area contributed by atoms with Gasteiger partial charge in [0, 0.05) is 24.2 Å². The van der Waals surface area contributed by atoms with E-state index in [-0.39, 0.29) is 22.8 Å². The molecule has 1 N–H and O–H groups in total. The van der Waals surface area contributed by atoms with E-state index in [2.05, 4.69) is 10.8 Å². The van der Waals surface area contributed by atoms with Crippen molar-refractivity contribution in [2.24, 2.45) is 5.92 Å². The highest BCUT2D eigenvalue weighted by molar-refractivity contribution is 7.89. The van der Waals surface area contributed by atoms with Crippen LogP contribution >= 0.6 is 0 Å². The summed E-state index contributed by atoms with van der Waals surface area (Å²) < 4.78 is 29.0. The fraction of sp³-hybridized carbons (Fsp3) is 0.435. The smallest absolute Gasteiger partial charge is 0.241 e. The maximum atomic E-state index is 13.1. The van der Waals surface area contributed by atoms with Crippen molar-refractivity contribution in [3.8, 4) is 0 Å². The molecule has 4 rings (SSSR count). The van der Waals surface area contributed by atoms with E-state index in [1.165, 1.54) is 5.56 Å². The lowest BCUT2D eigenvalue weighted by atomic mass is 10.0. The van der Waals surface area contributed by atoms with Crippen LogP contribution in [-0.4, -0.2) is 20.9 Å². The number of hydrogen-bond donors (Lipinski definition) is 1. The minimum absolute atomic E-state index is 0.161. The lowest BCUT2D eigenvalue weighted by Gasteiger charge is -2.20. The molecule has 1 aliphatic carbocycles. The largest absolute Gasteiger partial charge is 0.312 e. The molecule has 2 aromatic rings. The molecule has 154 valence electrons. The molecular weight excluding hydrogens is 384 g/mol. The first kappa shape index (κ1) is 20.1. The van der Waals surface area contributed by atoms with Gasteiger partial charge in [-0.2, -0.15) is 0 Å². The Balaban J connectivity index is 1.57. The number of carbonyl (C=O) groups excluding carboxylic acids is 1. The summed E-state index contributed by atoms with van der Waals surface area (Å²) >= 11 is 0. The van der Waals surface area contributed by atoms with Crippen LogP contribution in [0.5, 0.6) is 0 Å². The molecule has 2 aromatic carbocycles. The zero-order valence-corrected chi connectivity index (χ0v) is 18.1. The van der Waals surface area contributed by atoms with Crippen molar-refractivity contribution in [2.75, 3.05) is 11.4 Å². The molecule has 0 saturated heterocycles. The zero-order valence-electron chi connectivity index (χ0n) is 17.2. The van der Waals surface area contributed by atoms with Gasteiger partial charge in [-0.15, -0.1) is 0 Å². The topological polar surface area (TPSA) is 66.5 Å². The number of nitrogens with one attached hydrogen (secondary N) is 1. The molecule has 1 atom stereocenters. The molecule has 0 bridgehead atoms. The van der Waals surface area contributed by atoms with Crippen LogP contribution in [0.25, 0.3) is 0 Å². The van der Waals surface area contributed by atoms with E-state index in [0.29, 0.717) is 19.4 Å². The molecule has 5 nitrogen and oxygen atoms in total. The van der Waals surface area contributed by atoms with Gasteiger partial charge >= 0.3 is 0 Å². The Morgan fingerprint density at radius 1 is 1.14 bits per heavy atom. The minimum atomic E-state index is -3.66. The Bertz CT molecular complexity index is 1060. The quantitative estimate of drug-likeness (QED) is 0.779. The Morgan fingerprint density at radius 2 is 1.90 bits per heavy atom. The molecular formula is C23H28N2O3S. The molecule has 1 unspecified atom stereocenters. The predicted molar refractivity (Wildman–Crippen MR) is 114 cm³/mol. The molecule has 0 radical (unpaired) electrons. The SMILES string of the molecule is CCC(NS(=O)(=O)c1ccc2c(c1)CCN2C(=O)C1CC1)c1ccc(C)c(C)c1. The van der Waals surface area contributed by atoms with Crippen LogP contribution in [0.1, 0.15) is 54.5 Å². The van der Waals surface area contributed by atoms with Gasteiger partial charge in [0.25, 0.3) is 0 Å². The second-order valence-electron chi connectivity index (χ2n) is 8.23. The Labute approximate surface area is 173 Å². The molecule has 0 spiro atoms. The molecule has 6 heteroatoms. The van der Waals surface area contributed by atoms with Crippen molar-refractivity contribution in [1.29, 1.82) is 0 Å². The van der Waals surface area contributed by atoms with Gasteiger partial charge in [-0.05, 0) is 80.0 Å². The van der Waals surface area contributed by atoms with Crippen LogP contribution < -0.4 is 9.62 Å². The van der Waals surface area contributed by atoms with Crippen LogP contribution in [0.4, 0.5) is 5.69 Å². The summed E-state index contributed by atoms with van der Waals surface area (Å²) in [4.78, 5) is 14.5. The fourth-order valence-electron chi connectivity index (χ4n) is 3.95. The number of sulfonamides is 1. The Hall–Kier alpha value is -2.18. The second kappa shape index (κ2) is 7.58. The third-order valence-electron chi connectivity index (χ3n) is 6.09. The van der Waals surface area contributed by atoms with Gasteiger partial charge in [0.15, 0.2) is 0 Å². The third-order valence-corrected chi connectivity index (χ3v) is 7.56. The highest BCUT2D eigenvalue weighted by atomic mass is 32.2. The fourth-order valence-corrected chi connectivity index (χ4v) is 5.31. The Kier molecular flexibility index (Phi) is 5.25. The summed E-state index contributed by atoms with van der Waals surface area (Å²) in [7, 11) is -3.66. The monoisotopic (exact) mass is 412 g/mol. The zero-order chi connectivity index (χ0) is 20.8. The first-order chi connectivity index (χ1) is 13.8. The van der Waals surface area contributed by atoms with E-state index in [1.807, 2.05) is 37.8 Å². The van der Waals surface area contributed by atoms with Crippen LogP contribution in [0.2, 0.25) is 0 Å². The van der Waals surface area contributed by atoms with Crippen LogP contribution in [0.3, 0.4) is 0 Å². The minimum Gasteiger partial charge on any atom is -0.312 e. The second-order valence-corrected chi connectivity index (χ2v) is 9.94.